The molecule has 172 valence electrons. The number of fused-ring (bicyclic) bond motifs is 2. The van der Waals surface area contributed by atoms with Crippen LogP contribution in [0.3, 0.4) is 0 Å². The molecule has 0 saturated carbocycles. The standard InChI is InChI=1S/C26H32N6O/c1-4-19-16-32(23-14-25(33)29(3)24-17-30(13-12-27)28-26(23)24)20(5-2)15-31(19)22-11-10-18-8-6-7-9-21(18)22/h6-9,14,17,19-20,22H,4-5,10-11,13,15-16H2,1-3H3/t19-,20+,22?/m1/s1. The zero-order chi connectivity index (χ0) is 23.1. The highest BCUT2D eigenvalue weighted by atomic mass is 16.1. The van der Waals surface area contributed by atoms with Gasteiger partial charge in [0.05, 0.1) is 23.5 Å². The average Bonchev–Trinajstić information content (AvgIpc) is 3.45. The maximum absolute atomic E-state index is 12.8. The minimum Gasteiger partial charge on any atom is -0.364 e. The Balaban J connectivity index is 1.53. The first kappa shape index (κ1) is 21.7. The van der Waals surface area contributed by atoms with Crippen molar-refractivity contribution in [2.75, 3.05) is 18.0 Å². The van der Waals surface area contributed by atoms with Crippen molar-refractivity contribution in [2.45, 2.75) is 64.2 Å². The molecule has 0 radical (unpaired) electrons. The van der Waals surface area contributed by atoms with Crippen LogP contribution in [0, 0.1) is 11.3 Å². The Morgan fingerprint density at radius 3 is 2.70 bits per heavy atom. The van der Waals surface area contributed by atoms with Gasteiger partial charge in [-0.1, -0.05) is 38.1 Å². The Labute approximate surface area is 194 Å². The molecule has 5 rings (SSSR count). The summed E-state index contributed by atoms with van der Waals surface area (Å²) in [5.74, 6) is 0. The molecule has 1 aromatic carbocycles. The van der Waals surface area contributed by atoms with E-state index in [1.807, 2.05) is 6.20 Å². The Hall–Kier alpha value is -3.11. The molecule has 33 heavy (non-hydrogen) atoms. The summed E-state index contributed by atoms with van der Waals surface area (Å²) in [6.45, 7) is 6.53. The summed E-state index contributed by atoms with van der Waals surface area (Å²) in [6.07, 6.45) is 6.20. The first-order chi connectivity index (χ1) is 16.0. The van der Waals surface area contributed by atoms with Crippen LogP contribution in [0.4, 0.5) is 5.69 Å². The van der Waals surface area contributed by atoms with Crippen LogP contribution in [0.2, 0.25) is 0 Å². The molecular weight excluding hydrogens is 412 g/mol. The van der Waals surface area contributed by atoms with E-state index in [9.17, 15) is 4.79 Å². The number of hydrogen-bond acceptors (Lipinski definition) is 5. The molecule has 7 nitrogen and oxygen atoms in total. The SMILES string of the molecule is CC[C@H]1CN(C2CCc3ccccc32)[C@H](CC)CN1c1cc(=O)n(C)c2cn(CC#N)nc12. The molecule has 0 N–H and O–H groups in total. The van der Waals surface area contributed by atoms with E-state index in [0.29, 0.717) is 18.1 Å². The molecule has 1 fully saturated rings. The Kier molecular flexibility index (Phi) is 5.71. The number of nitrogens with zero attached hydrogens (tertiary/aromatic N) is 6. The molecule has 3 aromatic rings. The van der Waals surface area contributed by atoms with Crippen LogP contribution in [-0.4, -0.2) is 44.4 Å². The molecule has 0 bridgehead atoms. The Morgan fingerprint density at radius 1 is 1.15 bits per heavy atom. The van der Waals surface area contributed by atoms with Gasteiger partial charge in [0.25, 0.3) is 5.56 Å². The van der Waals surface area contributed by atoms with Crippen LogP contribution in [0.15, 0.2) is 41.3 Å². The highest BCUT2D eigenvalue weighted by Gasteiger charge is 2.39. The monoisotopic (exact) mass is 444 g/mol. The van der Waals surface area contributed by atoms with Gasteiger partial charge in [0.15, 0.2) is 0 Å². The highest BCUT2D eigenvalue weighted by molar-refractivity contribution is 5.88. The van der Waals surface area contributed by atoms with Gasteiger partial charge in [0, 0.05) is 44.3 Å². The molecule has 7 heteroatoms. The third kappa shape index (κ3) is 3.63. The van der Waals surface area contributed by atoms with Crippen molar-refractivity contribution in [1.82, 2.24) is 19.2 Å². The number of aromatic nitrogens is 3. The van der Waals surface area contributed by atoms with Crippen LogP contribution >= 0.6 is 0 Å². The van der Waals surface area contributed by atoms with Crippen molar-refractivity contribution in [3.63, 3.8) is 0 Å². The fourth-order valence-corrected chi connectivity index (χ4v) is 5.85. The third-order valence-electron chi connectivity index (χ3n) is 7.66. The summed E-state index contributed by atoms with van der Waals surface area (Å²) in [5, 5.41) is 13.8. The first-order valence-electron chi connectivity index (χ1n) is 12.1. The van der Waals surface area contributed by atoms with E-state index in [1.54, 1.807) is 22.4 Å². The van der Waals surface area contributed by atoms with Gasteiger partial charge in [-0.05, 0) is 36.8 Å². The highest BCUT2D eigenvalue weighted by Crippen LogP contribution is 2.40. The lowest BCUT2D eigenvalue weighted by atomic mass is 9.96. The summed E-state index contributed by atoms with van der Waals surface area (Å²) >= 11 is 0. The molecule has 2 aromatic heterocycles. The summed E-state index contributed by atoms with van der Waals surface area (Å²) in [4.78, 5) is 18.0. The second kappa shape index (κ2) is 8.68. The lowest BCUT2D eigenvalue weighted by Gasteiger charge is -2.49. The number of aryl methyl sites for hydroxylation is 2. The van der Waals surface area contributed by atoms with E-state index in [2.05, 4.69) is 54.0 Å². The summed E-state index contributed by atoms with van der Waals surface area (Å²) < 4.78 is 3.27. The molecule has 1 aliphatic heterocycles. The van der Waals surface area contributed by atoms with E-state index in [0.717, 1.165) is 49.1 Å². The second-order valence-corrected chi connectivity index (χ2v) is 9.37. The van der Waals surface area contributed by atoms with E-state index < -0.39 is 0 Å². The van der Waals surface area contributed by atoms with Crippen LogP contribution in [0.1, 0.15) is 50.3 Å². The number of piperazine rings is 1. The van der Waals surface area contributed by atoms with Gasteiger partial charge in [0.2, 0.25) is 0 Å². The fraction of sp³-hybridized carbons (Fsp3) is 0.500. The van der Waals surface area contributed by atoms with Crippen molar-refractivity contribution in [3.8, 4) is 6.07 Å². The van der Waals surface area contributed by atoms with Gasteiger partial charge < -0.3 is 9.47 Å². The van der Waals surface area contributed by atoms with E-state index in [1.165, 1.54) is 17.5 Å². The van der Waals surface area contributed by atoms with Gasteiger partial charge in [0.1, 0.15) is 12.1 Å². The van der Waals surface area contributed by atoms with Crippen LogP contribution in [-0.2, 0) is 20.0 Å². The quantitative estimate of drug-likeness (QED) is 0.601. The fourth-order valence-electron chi connectivity index (χ4n) is 5.85. The lowest BCUT2D eigenvalue weighted by molar-refractivity contribution is 0.0928. The van der Waals surface area contributed by atoms with E-state index in [4.69, 9.17) is 10.4 Å². The van der Waals surface area contributed by atoms with Gasteiger partial charge >= 0.3 is 0 Å². The molecule has 2 aliphatic rings. The summed E-state index contributed by atoms with van der Waals surface area (Å²) in [7, 11) is 1.77. The van der Waals surface area contributed by atoms with Gasteiger partial charge in [-0.15, -0.1) is 0 Å². The van der Waals surface area contributed by atoms with Crippen LogP contribution in [0.5, 0.6) is 0 Å². The lowest BCUT2D eigenvalue weighted by Crippen LogP contribution is -2.59. The predicted molar refractivity (Wildman–Crippen MR) is 130 cm³/mol. The Morgan fingerprint density at radius 2 is 1.94 bits per heavy atom. The average molecular weight is 445 g/mol. The number of pyridine rings is 1. The number of nitriles is 1. The molecule has 1 saturated heterocycles. The van der Waals surface area contributed by atoms with Crippen molar-refractivity contribution in [2.24, 2.45) is 7.05 Å². The van der Waals surface area contributed by atoms with Crippen molar-refractivity contribution >= 4 is 16.7 Å². The smallest absolute Gasteiger partial charge is 0.252 e. The topological polar surface area (TPSA) is 70.1 Å². The number of rotatable bonds is 5. The normalized spacial score (nSPS) is 23.1. The Bertz CT molecular complexity index is 1270. The molecule has 1 aliphatic carbocycles. The summed E-state index contributed by atoms with van der Waals surface area (Å²) in [6, 6.07) is 14.0. The third-order valence-corrected chi connectivity index (χ3v) is 7.66. The first-order valence-corrected chi connectivity index (χ1v) is 12.1. The van der Waals surface area contributed by atoms with E-state index >= 15 is 0 Å². The molecular formula is C26H32N6O. The molecule has 1 unspecified atom stereocenters. The van der Waals surface area contributed by atoms with Gasteiger partial charge in [-0.3, -0.25) is 14.4 Å². The minimum absolute atomic E-state index is 0.0379. The number of anilines is 1. The maximum atomic E-state index is 12.8. The maximum Gasteiger partial charge on any atom is 0.252 e. The van der Waals surface area contributed by atoms with Gasteiger partial charge in [-0.2, -0.15) is 10.4 Å². The van der Waals surface area contributed by atoms with Crippen molar-refractivity contribution in [1.29, 1.82) is 5.26 Å². The van der Waals surface area contributed by atoms with Crippen LogP contribution in [0.25, 0.3) is 11.0 Å². The second-order valence-electron chi connectivity index (χ2n) is 9.37. The number of hydrogen-bond donors (Lipinski definition) is 0. The van der Waals surface area contributed by atoms with E-state index in [-0.39, 0.29) is 12.1 Å². The molecule has 3 atom stereocenters. The van der Waals surface area contributed by atoms with Gasteiger partial charge in [-0.25, -0.2) is 0 Å². The minimum atomic E-state index is -0.0379. The van der Waals surface area contributed by atoms with Crippen LogP contribution < -0.4 is 10.5 Å². The summed E-state index contributed by atoms with van der Waals surface area (Å²) in [5.41, 5.74) is 5.43. The number of benzene rings is 1. The zero-order valence-electron chi connectivity index (χ0n) is 19.7. The molecule has 0 amide bonds. The van der Waals surface area contributed by atoms with Crippen molar-refractivity contribution < 1.29 is 0 Å². The molecule has 3 heterocycles. The molecule has 0 spiro atoms. The zero-order valence-corrected chi connectivity index (χ0v) is 19.7. The van der Waals surface area contributed by atoms with Crippen molar-refractivity contribution in [3.05, 3.63) is 58.0 Å². The predicted octanol–water partition coefficient (Wildman–Crippen LogP) is 3.63. The largest absolute Gasteiger partial charge is 0.364 e.